The van der Waals surface area contributed by atoms with E-state index in [0.717, 1.165) is 12.8 Å². The molecule has 27 heavy (non-hydrogen) atoms. The maximum absolute atomic E-state index is 12.6. The SMILES string of the molecule is CC(=O)Nc1ccc(O)c(C(=O)O[C@@H](C(=O)NC2CC2)c2ccccc2)c1. The third-order valence-corrected chi connectivity index (χ3v) is 4.03. The van der Waals surface area contributed by atoms with Crippen molar-refractivity contribution in [1.29, 1.82) is 0 Å². The fourth-order valence-corrected chi connectivity index (χ4v) is 2.56. The van der Waals surface area contributed by atoms with Gasteiger partial charge in [0.15, 0.2) is 0 Å². The number of esters is 1. The van der Waals surface area contributed by atoms with E-state index in [1.54, 1.807) is 30.3 Å². The summed E-state index contributed by atoms with van der Waals surface area (Å²) in [6.07, 6.45) is 0.671. The van der Waals surface area contributed by atoms with Crippen molar-refractivity contribution in [3.05, 3.63) is 59.7 Å². The van der Waals surface area contributed by atoms with Crippen molar-refractivity contribution >= 4 is 23.5 Å². The van der Waals surface area contributed by atoms with E-state index in [1.807, 2.05) is 0 Å². The van der Waals surface area contributed by atoms with Gasteiger partial charge >= 0.3 is 5.97 Å². The molecular weight excluding hydrogens is 348 g/mol. The lowest BCUT2D eigenvalue weighted by Gasteiger charge is -2.18. The van der Waals surface area contributed by atoms with Crippen LogP contribution in [0.2, 0.25) is 0 Å². The molecule has 3 rings (SSSR count). The summed E-state index contributed by atoms with van der Waals surface area (Å²) >= 11 is 0. The lowest BCUT2D eigenvalue weighted by Crippen LogP contribution is -2.33. The Balaban J connectivity index is 1.83. The molecule has 3 N–H and O–H groups in total. The summed E-state index contributed by atoms with van der Waals surface area (Å²) in [5.41, 5.74) is 0.730. The summed E-state index contributed by atoms with van der Waals surface area (Å²) in [5.74, 6) is -1.89. The lowest BCUT2D eigenvalue weighted by atomic mass is 10.1. The highest BCUT2D eigenvalue weighted by Crippen LogP contribution is 2.27. The standard InChI is InChI=1S/C20H20N2O5/c1-12(23)21-15-9-10-17(24)16(11-15)20(26)27-18(13-5-3-2-4-6-13)19(25)22-14-7-8-14/h2-6,9-11,14,18,24H,7-8H2,1H3,(H,21,23)(H,22,25)/t18-/m1/s1. The maximum atomic E-state index is 12.6. The quantitative estimate of drug-likeness (QED) is 0.537. The third kappa shape index (κ3) is 4.84. The Hall–Kier alpha value is -3.35. The second-order valence-electron chi connectivity index (χ2n) is 6.39. The van der Waals surface area contributed by atoms with E-state index in [1.165, 1.54) is 25.1 Å². The molecule has 0 aliphatic heterocycles. The molecule has 0 radical (unpaired) electrons. The van der Waals surface area contributed by atoms with Crippen LogP contribution in [0.1, 0.15) is 41.8 Å². The highest BCUT2D eigenvalue weighted by molar-refractivity contribution is 5.97. The van der Waals surface area contributed by atoms with Crippen molar-refractivity contribution in [1.82, 2.24) is 5.32 Å². The average Bonchev–Trinajstić information content (AvgIpc) is 3.45. The average molecular weight is 368 g/mol. The fourth-order valence-electron chi connectivity index (χ4n) is 2.56. The molecule has 140 valence electrons. The number of phenolic OH excluding ortho intramolecular Hbond substituents is 1. The summed E-state index contributed by atoms with van der Waals surface area (Å²) in [7, 11) is 0. The number of benzene rings is 2. The molecule has 1 fully saturated rings. The van der Waals surface area contributed by atoms with Crippen LogP contribution < -0.4 is 10.6 Å². The van der Waals surface area contributed by atoms with Crippen LogP contribution in [0.5, 0.6) is 5.75 Å². The van der Waals surface area contributed by atoms with E-state index in [4.69, 9.17) is 4.74 Å². The van der Waals surface area contributed by atoms with E-state index in [-0.39, 0.29) is 23.3 Å². The molecule has 7 nitrogen and oxygen atoms in total. The minimum absolute atomic E-state index is 0.110. The number of hydrogen-bond acceptors (Lipinski definition) is 5. The predicted molar refractivity (Wildman–Crippen MR) is 98.2 cm³/mol. The molecule has 0 aromatic heterocycles. The monoisotopic (exact) mass is 368 g/mol. The van der Waals surface area contributed by atoms with E-state index in [2.05, 4.69) is 10.6 Å². The van der Waals surface area contributed by atoms with Crippen molar-refractivity contribution in [3.63, 3.8) is 0 Å². The zero-order chi connectivity index (χ0) is 19.4. The smallest absolute Gasteiger partial charge is 0.343 e. The van der Waals surface area contributed by atoms with Crippen LogP contribution in [0.4, 0.5) is 5.69 Å². The molecule has 2 aromatic carbocycles. The van der Waals surface area contributed by atoms with Gasteiger partial charge in [-0.15, -0.1) is 0 Å². The number of carbonyl (C=O) groups is 3. The summed E-state index contributed by atoms with van der Waals surface area (Å²) in [6.45, 7) is 1.33. The first-order valence-electron chi connectivity index (χ1n) is 8.61. The Morgan fingerprint density at radius 2 is 1.81 bits per heavy atom. The molecule has 7 heteroatoms. The summed E-state index contributed by atoms with van der Waals surface area (Å²) in [4.78, 5) is 36.4. The van der Waals surface area contributed by atoms with E-state index in [9.17, 15) is 19.5 Å². The minimum Gasteiger partial charge on any atom is -0.507 e. The zero-order valence-electron chi connectivity index (χ0n) is 14.8. The van der Waals surface area contributed by atoms with Gasteiger partial charge in [-0.1, -0.05) is 30.3 Å². The van der Waals surface area contributed by atoms with Crippen molar-refractivity contribution < 1.29 is 24.2 Å². The highest BCUT2D eigenvalue weighted by atomic mass is 16.5. The molecule has 1 aliphatic rings. The number of phenols is 1. The molecule has 0 heterocycles. The minimum atomic E-state index is -1.14. The normalized spacial score (nSPS) is 14.1. The number of anilines is 1. The summed E-state index contributed by atoms with van der Waals surface area (Å²) in [5, 5.41) is 15.4. The Morgan fingerprint density at radius 1 is 1.11 bits per heavy atom. The molecule has 0 unspecified atom stereocenters. The molecule has 1 aliphatic carbocycles. The zero-order valence-corrected chi connectivity index (χ0v) is 14.8. The number of amides is 2. The molecule has 0 spiro atoms. The Kier molecular flexibility index (Phi) is 5.40. The van der Waals surface area contributed by atoms with Gasteiger partial charge in [-0.2, -0.15) is 0 Å². The molecule has 2 aromatic rings. The van der Waals surface area contributed by atoms with Gasteiger partial charge in [-0.25, -0.2) is 4.79 Å². The van der Waals surface area contributed by atoms with Gasteiger partial charge < -0.3 is 20.5 Å². The first kappa shape index (κ1) is 18.4. The van der Waals surface area contributed by atoms with Gasteiger partial charge in [0, 0.05) is 24.2 Å². The number of rotatable bonds is 6. The van der Waals surface area contributed by atoms with Gasteiger partial charge in [0.1, 0.15) is 11.3 Å². The third-order valence-electron chi connectivity index (χ3n) is 4.03. The summed E-state index contributed by atoms with van der Waals surface area (Å²) in [6, 6.07) is 12.8. The van der Waals surface area contributed by atoms with E-state index in [0.29, 0.717) is 11.3 Å². The Morgan fingerprint density at radius 3 is 2.44 bits per heavy atom. The number of hydrogen-bond donors (Lipinski definition) is 3. The van der Waals surface area contributed by atoms with Crippen LogP contribution in [0.25, 0.3) is 0 Å². The van der Waals surface area contributed by atoms with Crippen LogP contribution >= 0.6 is 0 Å². The van der Waals surface area contributed by atoms with Gasteiger partial charge in [-0.3, -0.25) is 9.59 Å². The molecule has 0 saturated heterocycles. The first-order valence-corrected chi connectivity index (χ1v) is 8.61. The number of carbonyl (C=O) groups excluding carboxylic acids is 3. The van der Waals surface area contributed by atoms with Gasteiger partial charge in [0.2, 0.25) is 12.0 Å². The molecule has 0 bridgehead atoms. The molecular formula is C20H20N2O5. The Labute approximate surface area is 156 Å². The molecule has 1 atom stereocenters. The van der Waals surface area contributed by atoms with Crippen molar-refractivity contribution in [2.24, 2.45) is 0 Å². The van der Waals surface area contributed by atoms with Gasteiger partial charge in [-0.05, 0) is 31.0 Å². The summed E-state index contributed by atoms with van der Waals surface area (Å²) < 4.78 is 5.43. The van der Waals surface area contributed by atoms with Crippen molar-refractivity contribution in [3.8, 4) is 5.75 Å². The molecule has 2 amide bonds. The number of ether oxygens (including phenoxy) is 1. The van der Waals surface area contributed by atoms with E-state index < -0.39 is 18.0 Å². The lowest BCUT2D eigenvalue weighted by molar-refractivity contribution is -0.130. The fraction of sp³-hybridized carbons (Fsp3) is 0.250. The van der Waals surface area contributed by atoms with Crippen LogP contribution in [0.3, 0.4) is 0 Å². The predicted octanol–water partition coefficient (Wildman–Crippen LogP) is 2.53. The van der Waals surface area contributed by atoms with Gasteiger partial charge in [0.05, 0.1) is 0 Å². The Bertz CT molecular complexity index is 862. The van der Waals surface area contributed by atoms with Crippen molar-refractivity contribution in [2.45, 2.75) is 31.9 Å². The largest absolute Gasteiger partial charge is 0.507 e. The van der Waals surface area contributed by atoms with E-state index >= 15 is 0 Å². The first-order chi connectivity index (χ1) is 12.9. The number of aromatic hydroxyl groups is 1. The van der Waals surface area contributed by atoms with Crippen LogP contribution in [-0.2, 0) is 14.3 Å². The maximum Gasteiger partial charge on any atom is 0.343 e. The molecule has 1 saturated carbocycles. The van der Waals surface area contributed by atoms with Crippen LogP contribution in [-0.4, -0.2) is 28.9 Å². The number of nitrogens with one attached hydrogen (secondary N) is 2. The second kappa shape index (κ2) is 7.90. The highest BCUT2D eigenvalue weighted by Gasteiger charge is 2.31. The topological polar surface area (TPSA) is 105 Å². The second-order valence-corrected chi connectivity index (χ2v) is 6.39. The van der Waals surface area contributed by atoms with Crippen LogP contribution in [0.15, 0.2) is 48.5 Å². The van der Waals surface area contributed by atoms with Crippen molar-refractivity contribution in [2.75, 3.05) is 5.32 Å². The van der Waals surface area contributed by atoms with Crippen LogP contribution in [0, 0.1) is 0 Å². The van der Waals surface area contributed by atoms with Gasteiger partial charge in [0.25, 0.3) is 5.91 Å².